The van der Waals surface area contributed by atoms with Gasteiger partial charge in [0.2, 0.25) is 11.8 Å². The molecule has 228 valence electrons. The van der Waals surface area contributed by atoms with Crippen molar-refractivity contribution in [3.05, 3.63) is 89.5 Å². The van der Waals surface area contributed by atoms with Gasteiger partial charge in [-0.25, -0.2) is 14.8 Å². The second-order valence-electron chi connectivity index (χ2n) is 10.5. The van der Waals surface area contributed by atoms with Gasteiger partial charge < -0.3 is 29.7 Å². The van der Waals surface area contributed by atoms with Crippen LogP contribution in [-0.2, 0) is 29.1 Å². The number of hydrogen-bond acceptors (Lipinski definition) is 7. The molecule has 1 fully saturated rings. The molecule has 1 aliphatic rings. The Morgan fingerprint density at radius 1 is 0.930 bits per heavy atom. The fraction of sp³-hybridized carbons (Fsp3) is 0.344. The molecule has 2 N–H and O–H groups in total. The highest BCUT2D eigenvalue weighted by molar-refractivity contribution is 5.90. The Morgan fingerprint density at radius 3 is 2.02 bits per heavy atom. The number of nitrogens with zero attached hydrogens (tertiary/aromatic N) is 4. The first kappa shape index (κ1) is 31.2. The second kappa shape index (κ2) is 13.9. The third-order valence-corrected chi connectivity index (χ3v) is 7.53. The largest absolute Gasteiger partial charge is 0.508 e. The Bertz CT molecular complexity index is 1400. The third kappa shape index (κ3) is 7.55. The Balaban J connectivity index is 1.57. The molecule has 4 amide bonds. The molecule has 0 radical (unpaired) electrons. The first-order chi connectivity index (χ1) is 20.6. The second-order valence-corrected chi connectivity index (χ2v) is 10.5. The molecule has 2 atom stereocenters. The zero-order valence-electron chi connectivity index (χ0n) is 25.2. The highest BCUT2D eigenvalue weighted by Crippen LogP contribution is 2.24. The monoisotopic (exact) mass is 589 g/mol. The normalized spacial score (nSPS) is 16.0. The zero-order valence-corrected chi connectivity index (χ0v) is 25.2. The summed E-state index contributed by atoms with van der Waals surface area (Å²) in [6.45, 7) is 2.24. The lowest BCUT2D eigenvalue weighted by Crippen LogP contribution is -2.69. The van der Waals surface area contributed by atoms with E-state index in [2.05, 4.69) is 5.32 Å². The number of rotatable bonds is 10. The lowest BCUT2D eigenvalue weighted by atomic mass is 10.0. The van der Waals surface area contributed by atoms with Crippen LogP contribution in [0.5, 0.6) is 17.2 Å². The number of amides is 4. The van der Waals surface area contributed by atoms with Crippen molar-refractivity contribution < 1.29 is 29.0 Å². The van der Waals surface area contributed by atoms with E-state index in [9.17, 15) is 19.5 Å². The number of carbonyl (C=O) groups excluding carboxylic acids is 3. The standard InChI is InChI=1S/C32H39N5O6/c1-22-36(30(39)21-35(3)37(22)32(41)33-19-24-8-14-27(42-4)15-9-24)29(18-23-6-12-26(38)13-7-23)31(40)34(2)20-25-10-16-28(43-5)17-11-25/h6-17,22,29,38H,18-21H2,1-5H3,(H,33,41)/t22-,29-/m0/s1. The number of ether oxygens (including phenoxy) is 2. The van der Waals surface area contributed by atoms with Crippen molar-refractivity contribution in [2.75, 3.05) is 34.9 Å². The molecule has 11 heteroatoms. The van der Waals surface area contributed by atoms with Crippen molar-refractivity contribution in [2.24, 2.45) is 0 Å². The topological polar surface area (TPSA) is 115 Å². The lowest BCUT2D eigenvalue weighted by Gasteiger charge is -2.49. The van der Waals surface area contributed by atoms with Crippen LogP contribution in [0.4, 0.5) is 4.79 Å². The molecule has 0 saturated carbocycles. The number of methoxy groups -OCH3 is 2. The average Bonchev–Trinajstić information content (AvgIpc) is 3.00. The molecule has 1 saturated heterocycles. The van der Waals surface area contributed by atoms with Crippen LogP contribution in [0.2, 0.25) is 0 Å². The first-order valence-electron chi connectivity index (χ1n) is 14.0. The fourth-order valence-electron chi connectivity index (χ4n) is 5.22. The molecule has 0 aromatic heterocycles. The molecule has 43 heavy (non-hydrogen) atoms. The maximum Gasteiger partial charge on any atom is 0.334 e. The van der Waals surface area contributed by atoms with E-state index in [1.165, 1.54) is 9.91 Å². The minimum atomic E-state index is -0.902. The number of hydrazine groups is 1. The highest BCUT2D eigenvalue weighted by Gasteiger charge is 2.44. The molecule has 0 bridgehead atoms. The molecule has 3 aromatic rings. The van der Waals surface area contributed by atoms with Gasteiger partial charge in [0.25, 0.3) is 0 Å². The molecule has 4 rings (SSSR count). The van der Waals surface area contributed by atoms with Crippen LogP contribution in [0.1, 0.15) is 23.6 Å². The van der Waals surface area contributed by atoms with Gasteiger partial charge in [0.15, 0.2) is 0 Å². The molecule has 0 unspecified atom stereocenters. The average molecular weight is 590 g/mol. The van der Waals surface area contributed by atoms with Crippen LogP contribution >= 0.6 is 0 Å². The van der Waals surface area contributed by atoms with Gasteiger partial charge in [-0.3, -0.25) is 9.59 Å². The van der Waals surface area contributed by atoms with E-state index in [1.807, 2.05) is 48.5 Å². The van der Waals surface area contributed by atoms with Gasteiger partial charge >= 0.3 is 6.03 Å². The fourth-order valence-corrected chi connectivity index (χ4v) is 5.22. The SMILES string of the molecule is COc1ccc(CNC(=O)N2[C@@H](C)N([C@@H](Cc3ccc(O)cc3)C(=O)N(C)Cc3ccc(OC)cc3)C(=O)CN2C)cc1. The van der Waals surface area contributed by atoms with Crippen LogP contribution in [0.25, 0.3) is 0 Å². The van der Waals surface area contributed by atoms with Gasteiger partial charge in [-0.2, -0.15) is 0 Å². The molecule has 0 aliphatic carbocycles. The van der Waals surface area contributed by atoms with Gasteiger partial charge in [0.1, 0.15) is 29.5 Å². The van der Waals surface area contributed by atoms with Gasteiger partial charge in [-0.05, 0) is 60.0 Å². The molecular formula is C32H39N5O6. The molecule has 0 spiro atoms. The Labute approximate surface area is 252 Å². The van der Waals surface area contributed by atoms with Gasteiger partial charge in [-0.15, -0.1) is 0 Å². The predicted octanol–water partition coefficient (Wildman–Crippen LogP) is 3.23. The van der Waals surface area contributed by atoms with E-state index in [0.717, 1.165) is 22.4 Å². The molecule has 1 heterocycles. The summed E-state index contributed by atoms with van der Waals surface area (Å²) in [5.41, 5.74) is 2.55. The number of phenols is 1. The van der Waals surface area contributed by atoms with E-state index in [0.29, 0.717) is 12.3 Å². The number of likely N-dealkylation sites (N-methyl/N-ethyl adjacent to an activating group) is 2. The first-order valence-corrected chi connectivity index (χ1v) is 14.0. The van der Waals surface area contributed by atoms with Gasteiger partial charge in [0, 0.05) is 33.6 Å². The van der Waals surface area contributed by atoms with Crippen molar-refractivity contribution in [3.8, 4) is 17.2 Å². The number of phenolic OH excluding ortho intramolecular Hbond substituents is 1. The maximum atomic E-state index is 14.1. The maximum absolute atomic E-state index is 14.1. The minimum absolute atomic E-state index is 0.0815. The van der Waals surface area contributed by atoms with Crippen molar-refractivity contribution in [3.63, 3.8) is 0 Å². The summed E-state index contributed by atoms with van der Waals surface area (Å²) < 4.78 is 10.4. The molecule has 11 nitrogen and oxygen atoms in total. The van der Waals surface area contributed by atoms with Crippen LogP contribution in [-0.4, -0.2) is 89.8 Å². The van der Waals surface area contributed by atoms with E-state index >= 15 is 0 Å². The van der Waals surface area contributed by atoms with Crippen LogP contribution in [0.3, 0.4) is 0 Å². The van der Waals surface area contributed by atoms with E-state index in [4.69, 9.17) is 9.47 Å². The number of nitrogens with one attached hydrogen (secondary N) is 1. The van der Waals surface area contributed by atoms with Gasteiger partial charge in [-0.1, -0.05) is 36.4 Å². The summed E-state index contributed by atoms with van der Waals surface area (Å²) in [5.74, 6) is 0.989. The quantitative estimate of drug-likeness (QED) is 0.373. The summed E-state index contributed by atoms with van der Waals surface area (Å²) in [6, 6.07) is 20.0. The highest BCUT2D eigenvalue weighted by atomic mass is 16.5. The Morgan fingerprint density at radius 2 is 1.47 bits per heavy atom. The number of benzene rings is 3. The Kier molecular flexibility index (Phi) is 10.1. The summed E-state index contributed by atoms with van der Waals surface area (Å²) in [4.78, 5) is 44.2. The summed E-state index contributed by atoms with van der Waals surface area (Å²) in [5, 5.41) is 15.7. The zero-order chi connectivity index (χ0) is 31.1. The van der Waals surface area contributed by atoms with Crippen LogP contribution < -0.4 is 14.8 Å². The summed E-state index contributed by atoms with van der Waals surface area (Å²) >= 11 is 0. The molecular weight excluding hydrogens is 550 g/mol. The van der Waals surface area contributed by atoms with Crippen LogP contribution in [0, 0.1) is 0 Å². The Hall–Kier alpha value is -4.77. The number of urea groups is 1. The lowest BCUT2D eigenvalue weighted by molar-refractivity contribution is -0.171. The minimum Gasteiger partial charge on any atom is -0.508 e. The van der Waals surface area contributed by atoms with Crippen molar-refractivity contribution in [2.45, 2.75) is 38.6 Å². The van der Waals surface area contributed by atoms with E-state index in [1.54, 1.807) is 69.4 Å². The summed E-state index contributed by atoms with van der Waals surface area (Å²) in [7, 11) is 6.55. The smallest absolute Gasteiger partial charge is 0.334 e. The number of carbonyl (C=O) groups is 3. The van der Waals surface area contributed by atoms with Crippen molar-refractivity contribution in [1.82, 2.24) is 25.1 Å². The molecule has 1 aliphatic heterocycles. The van der Waals surface area contributed by atoms with Crippen molar-refractivity contribution in [1.29, 1.82) is 0 Å². The third-order valence-electron chi connectivity index (χ3n) is 7.53. The number of aromatic hydroxyl groups is 1. The summed E-state index contributed by atoms with van der Waals surface area (Å²) in [6.07, 6.45) is -0.560. The van der Waals surface area contributed by atoms with Crippen molar-refractivity contribution >= 4 is 17.8 Å². The molecule has 3 aromatic carbocycles. The van der Waals surface area contributed by atoms with Gasteiger partial charge in [0.05, 0.1) is 20.8 Å². The van der Waals surface area contributed by atoms with E-state index < -0.39 is 18.2 Å². The van der Waals surface area contributed by atoms with Crippen LogP contribution in [0.15, 0.2) is 72.8 Å². The predicted molar refractivity (Wildman–Crippen MR) is 161 cm³/mol. The van der Waals surface area contributed by atoms with E-state index in [-0.39, 0.29) is 37.1 Å². The number of hydrogen-bond donors (Lipinski definition) is 2.